The lowest BCUT2D eigenvalue weighted by atomic mass is 9.76. The molecule has 0 unspecified atom stereocenters. The Balaban J connectivity index is 1.48. The van der Waals surface area contributed by atoms with Crippen LogP contribution in [-0.4, -0.2) is 23.9 Å². The summed E-state index contributed by atoms with van der Waals surface area (Å²) < 4.78 is 0. The van der Waals surface area contributed by atoms with Gasteiger partial charge in [0.25, 0.3) is 5.91 Å². The highest BCUT2D eigenvalue weighted by molar-refractivity contribution is 6.35. The van der Waals surface area contributed by atoms with Crippen LogP contribution < -0.4 is 5.32 Å². The number of halogens is 2. The number of fused-ring (bicyclic) bond motifs is 3. The van der Waals surface area contributed by atoms with Crippen LogP contribution in [0.1, 0.15) is 59.1 Å². The van der Waals surface area contributed by atoms with Crippen LogP contribution in [0, 0.1) is 5.92 Å². The summed E-state index contributed by atoms with van der Waals surface area (Å²) in [5.74, 6) is 0.826. The molecular formula is C24H24Cl2N2O. The number of allylic oxidation sites excluding steroid dienone is 2. The molecule has 1 N–H and O–H groups in total. The molecule has 1 aliphatic carbocycles. The number of nitrogens with one attached hydrogen (secondary N) is 1. The maximum Gasteiger partial charge on any atom is 0.253 e. The van der Waals surface area contributed by atoms with Crippen molar-refractivity contribution in [3.63, 3.8) is 0 Å². The first kappa shape index (κ1) is 19.0. The van der Waals surface area contributed by atoms with E-state index in [0.717, 1.165) is 49.2 Å². The number of benzene rings is 2. The highest BCUT2D eigenvalue weighted by Crippen LogP contribution is 2.51. The van der Waals surface area contributed by atoms with Gasteiger partial charge in [0.1, 0.15) is 0 Å². The Hall–Kier alpha value is -1.97. The molecule has 2 aromatic carbocycles. The van der Waals surface area contributed by atoms with Crippen LogP contribution in [-0.2, 0) is 0 Å². The van der Waals surface area contributed by atoms with E-state index in [2.05, 4.69) is 29.6 Å². The molecular weight excluding hydrogens is 403 g/mol. The molecule has 3 aliphatic rings. The second-order valence-corrected chi connectivity index (χ2v) is 9.14. The molecule has 1 fully saturated rings. The predicted octanol–water partition coefficient (Wildman–Crippen LogP) is 6.45. The molecule has 150 valence electrons. The number of rotatable bonds is 2. The van der Waals surface area contributed by atoms with Crippen molar-refractivity contribution >= 4 is 34.8 Å². The lowest BCUT2D eigenvalue weighted by molar-refractivity contribution is 0.0724. The lowest BCUT2D eigenvalue weighted by Crippen LogP contribution is -2.36. The minimum atomic E-state index is 0.121. The molecule has 2 aliphatic heterocycles. The van der Waals surface area contributed by atoms with Gasteiger partial charge in [-0.2, -0.15) is 0 Å². The maximum absolute atomic E-state index is 13.0. The first-order chi connectivity index (χ1) is 14.1. The molecule has 0 bridgehead atoms. The van der Waals surface area contributed by atoms with Gasteiger partial charge < -0.3 is 10.2 Å². The van der Waals surface area contributed by atoms with Gasteiger partial charge in [-0.1, -0.05) is 41.4 Å². The third kappa shape index (κ3) is 3.45. The zero-order valence-electron chi connectivity index (χ0n) is 16.2. The topological polar surface area (TPSA) is 32.3 Å². The lowest BCUT2D eigenvalue weighted by Gasteiger charge is -2.38. The number of hydrogen-bond donors (Lipinski definition) is 1. The normalized spacial score (nSPS) is 25.3. The second-order valence-electron chi connectivity index (χ2n) is 8.30. The maximum atomic E-state index is 13.0. The van der Waals surface area contributed by atoms with Gasteiger partial charge >= 0.3 is 0 Å². The van der Waals surface area contributed by atoms with Crippen LogP contribution in [0.5, 0.6) is 0 Å². The summed E-state index contributed by atoms with van der Waals surface area (Å²) in [5, 5.41) is 5.04. The third-order valence-corrected chi connectivity index (χ3v) is 7.11. The number of nitrogens with zero attached hydrogens (tertiary/aromatic N) is 1. The molecule has 3 atom stereocenters. The van der Waals surface area contributed by atoms with Gasteiger partial charge in [0.05, 0.1) is 6.04 Å². The molecule has 0 spiro atoms. The van der Waals surface area contributed by atoms with Crippen molar-refractivity contribution in [2.45, 2.75) is 37.6 Å². The quantitative estimate of drug-likeness (QED) is 0.559. The number of piperidine rings is 1. The Morgan fingerprint density at radius 1 is 1.00 bits per heavy atom. The third-order valence-electron chi connectivity index (χ3n) is 6.55. The van der Waals surface area contributed by atoms with E-state index >= 15 is 0 Å². The summed E-state index contributed by atoms with van der Waals surface area (Å²) in [6.07, 6.45) is 8.97. The molecule has 1 saturated heterocycles. The van der Waals surface area contributed by atoms with E-state index < -0.39 is 0 Å². The number of carbonyl (C=O) groups excluding carboxylic acids is 1. The molecule has 0 radical (unpaired) electrons. The summed E-state index contributed by atoms with van der Waals surface area (Å²) in [6.45, 7) is 1.74. The fourth-order valence-electron chi connectivity index (χ4n) is 5.07. The van der Waals surface area contributed by atoms with Crippen molar-refractivity contribution in [2.24, 2.45) is 5.92 Å². The van der Waals surface area contributed by atoms with Gasteiger partial charge in [0.15, 0.2) is 0 Å². The molecule has 5 rings (SSSR count). The van der Waals surface area contributed by atoms with Gasteiger partial charge in [-0.15, -0.1) is 0 Å². The van der Waals surface area contributed by atoms with Crippen LogP contribution in [0.15, 0.2) is 48.6 Å². The van der Waals surface area contributed by atoms with Crippen molar-refractivity contribution < 1.29 is 4.79 Å². The Labute approximate surface area is 181 Å². The van der Waals surface area contributed by atoms with E-state index in [1.54, 1.807) is 0 Å². The minimum Gasteiger partial charge on any atom is -0.378 e. The van der Waals surface area contributed by atoms with Crippen molar-refractivity contribution in [1.82, 2.24) is 4.90 Å². The Bertz CT molecular complexity index is 981. The number of carbonyl (C=O) groups is 1. The van der Waals surface area contributed by atoms with Crippen LogP contribution in [0.2, 0.25) is 10.0 Å². The fourth-order valence-corrected chi connectivity index (χ4v) is 5.59. The van der Waals surface area contributed by atoms with E-state index in [0.29, 0.717) is 16.0 Å². The fraction of sp³-hybridized carbons (Fsp3) is 0.375. The predicted molar refractivity (Wildman–Crippen MR) is 119 cm³/mol. The van der Waals surface area contributed by atoms with Gasteiger partial charge in [-0.3, -0.25) is 4.79 Å². The number of anilines is 1. The zero-order chi connectivity index (χ0) is 20.0. The molecule has 2 aromatic rings. The molecule has 5 heteroatoms. The summed E-state index contributed by atoms with van der Waals surface area (Å²) in [5.41, 5.74) is 4.18. The van der Waals surface area contributed by atoms with E-state index in [1.807, 2.05) is 29.2 Å². The first-order valence-electron chi connectivity index (χ1n) is 10.4. The van der Waals surface area contributed by atoms with E-state index in [4.69, 9.17) is 23.2 Å². The monoisotopic (exact) mass is 426 g/mol. The average molecular weight is 427 g/mol. The van der Waals surface area contributed by atoms with Crippen molar-refractivity contribution in [2.75, 3.05) is 18.4 Å². The van der Waals surface area contributed by atoms with E-state index in [1.165, 1.54) is 12.0 Å². The van der Waals surface area contributed by atoms with E-state index in [-0.39, 0.29) is 17.9 Å². The molecule has 2 heterocycles. The molecule has 1 amide bonds. The first-order valence-corrected chi connectivity index (χ1v) is 11.2. The van der Waals surface area contributed by atoms with Gasteiger partial charge in [-0.05, 0) is 73.1 Å². The molecule has 0 aromatic heterocycles. The molecule has 29 heavy (non-hydrogen) atoms. The number of hydrogen-bond acceptors (Lipinski definition) is 2. The van der Waals surface area contributed by atoms with Crippen molar-refractivity contribution in [3.05, 3.63) is 75.3 Å². The highest BCUT2D eigenvalue weighted by Gasteiger charge is 2.39. The Morgan fingerprint density at radius 2 is 1.83 bits per heavy atom. The van der Waals surface area contributed by atoms with Crippen molar-refractivity contribution in [1.29, 1.82) is 0 Å². The van der Waals surface area contributed by atoms with Crippen LogP contribution in [0.4, 0.5) is 5.69 Å². The Morgan fingerprint density at radius 3 is 2.62 bits per heavy atom. The van der Waals surface area contributed by atoms with E-state index in [9.17, 15) is 4.79 Å². The summed E-state index contributed by atoms with van der Waals surface area (Å²) in [6, 6.07) is 12.0. The number of amides is 1. The number of likely N-dealkylation sites (tertiary alicyclic amines) is 1. The van der Waals surface area contributed by atoms with Gasteiger partial charge in [-0.25, -0.2) is 0 Å². The minimum absolute atomic E-state index is 0.121. The second kappa shape index (κ2) is 7.70. The highest BCUT2D eigenvalue weighted by atomic mass is 35.5. The SMILES string of the molecule is O=C(c1ccc2c(c1)[C@@H]1C=CC[C@H]1[C@@H](c1ccc(Cl)cc1Cl)N2)N1CCCCC1. The van der Waals surface area contributed by atoms with Crippen LogP contribution in [0.25, 0.3) is 0 Å². The summed E-state index contributed by atoms with van der Waals surface area (Å²) in [7, 11) is 0. The Kier molecular flexibility index (Phi) is 5.05. The smallest absolute Gasteiger partial charge is 0.253 e. The summed E-state index contributed by atoms with van der Waals surface area (Å²) in [4.78, 5) is 15.0. The standard InChI is InChI=1S/C24H24Cl2N2O/c25-16-8-9-19(21(26)14-16)23-18-6-4-5-17(18)20-13-15(7-10-22(20)27-23)24(29)28-11-2-1-3-12-28/h4-5,7-10,13-14,17-18,23,27H,1-3,6,11-12H2/t17-,18-,23+/m1/s1. The van der Waals surface area contributed by atoms with Gasteiger partial charge in [0, 0.05) is 40.3 Å². The van der Waals surface area contributed by atoms with Crippen LogP contribution >= 0.6 is 23.2 Å². The average Bonchev–Trinajstić information content (AvgIpc) is 3.23. The van der Waals surface area contributed by atoms with Crippen LogP contribution in [0.3, 0.4) is 0 Å². The van der Waals surface area contributed by atoms with Crippen molar-refractivity contribution in [3.8, 4) is 0 Å². The zero-order valence-corrected chi connectivity index (χ0v) is 17.7. The van der Waals surface area contributed by atoms with Gasteiger partial charge in [0.2, 0.25) is 0 Å². The summed E-state index contributed by atoms with van der Waals surface area (Å²) >= 11 is 12.6. The largest absolute Gasteiger partial charge is 0.378 e. The molecule has 3 nitrogen and oxygen atoms in total. The molecule has 0 saturated carbocycles.